The number of rotatable bonds is 6. The molecule has 0 amide bonds. The summed E-state index contributed by atoms with van der Waals surface area (Å²) in [6.07, 6.45) is -0.945. The third-order valence-corrected chi connectivity index (χ3v) is 3.70. The molecule has 1 rings (SSSR count). The molecule has 0 spiro atoms. The molecule has 0 radical (unpaired) electrons. The summed E-state index contributed by atoms with van der Waals surface area (Å²) in [6.45, 7) is 2.04. The molecule has 1 aromatic rings. The first-order valence-corrected chi connectivity index (χ1v) is 7.00. The van der Waals surface area contributed by atoms with Crippen LogP contribution in [0.2, 0.25) is 0 Å². The number of benzene rings is 1. The van der Waals surface area contributed by atoms with E-state index in [2.05, 4.69) is 6.92 Å². The fourth-order valence-electron chi connectivity index (χ4n) is 1.65. The van der Waals surface area contributed by atoms with Crippen LogP contribution in [0, 0.1) is 0 Å². The van der Waals surface area contributed by atoms with E-state index in [1.54, 1.807) is 17.8 Å². The van der Waals surface area contributed by atoms with E-state index in [-0.39, 0.29) is 12.1 Å². The van der Waals surface area contributed by atoms with E-state index in [0.717, 1.165) is 36.0 Å². The Morgan fingerprint density at radius 3 is 2.50 bits per heavy atom. The number of thioether (sulfide) groups is 1. The van der Waals surface area contributed by atoms with Gasteiger partial charge in [0.05, 0.1) is 5.56 Å². The maximum atomic E-state index is 12.7. The maximum Gasteiger partial charge on any atom is 0.416 e. The van der Waals surface area contributed by atoms with Crippen molar-refractivity contribution in [2.24, 2.45) is 5.73 Å². The average molecular weight is 277 g/mol. The Balaban J connectivity index is 2.73. The number of hydrogen-bond acceptors (Lipinski definition) is 2. The van der Waals surface area contributed by atoms with Crippen LogP contribution in [0.3, 0.4) is 0 Å². The molecule has 0 aliphatic rings. The molecular formula is C13H18F3NS. The highest BCUT2D eigenvalue weighted by Crippen LogP contribution is 2.34. The predicted octanol–water partition coefficient (Wildman–Crippen LogP) is 4.45. The summed E-state index contributed by atoms with van der Waals surface area (Å²) < 4.78 is 38.0. The molecule has 0 fully saturated rings. The van der Waals surface area contributed by atoms with Crippen LogP contribution in [-0.4, -0.2) is 5.75 Å². The van der Waals surface area contributed by atoms with Gasteiger partial charge in [-0.1, -0.05) is 19.8 Å². The minimum atomic E-state index is -4.32. The Morgan fingerprint density at radius 1 is 1.22 bits per heavy atom. The van der Waals surface area contributed by atoms with Crippen molar-refractivity contribution >= 4 is 11.8 Å². The van der Waals surface area contributed by atoms with E-state index in [1.165, 1.54) is 6.07 Å². The van der Waals surface area contributed by atoms with Gasteiger partial charge in [0.2, 0.25) is 0 Å². The van der Waals surface area contributed by atoms with Gasteiger partial charge in [-0.05, 0) is 35.9 Å². The molecule has 0 bridgehead atoms. The Hall–Kier alpha value is -0.680. The van der Waals surface area contributed by atoms with Gasteiger partial charge in [-0.3, -0.25) is 0 Å². The zero-order valence-electron chi connectivity index (χ0n) is 10.4. The Kier molecular flexibility index (Phi) is 6.02. The number of hydrogen-bond donors (Lipinski definition) is 1. The van der Waals surface area contributed by atoms with Gasteiger partial charge in [0.25, 0.3) is 0 Å². The van der Waals surface area contributed by atoms with Crippen LogP contribution in [0.25, 0.3) is 0 Å². The molecule has 0 atom stereocenters. The largest absolute Gasteiger partial charge is 0.416 e. The zero-order valence-corrected chi connectivity index (χ0v) is 11.2. The standard InChI is InChI=1S/C13H18F3NS/c1-2-3-4-7-18-11-5-6-12(13(14,15)16)10(8-11)9-17/h5-6,8H,2-4,7,9,17H2,1H3. The number of halogens is 3. The highest BCUT2D eigenvalue weighted by molar-refractivity contribution is 7.99. The molecule has 0 saturated carbocycles. The van der Waals surface area contributed by atoms with Crippen LogP contribution in [0.1, 0.15) is 37.3 Å². The third-order valence-electron chi connectivity index (χ3n) is 2.62. The summed E-state index contributed by atoms with van der Waals surface area (Å²) in [7, 11) is 0. The van der Waals surface area contributed by atoms with Crippen molar-refractivity contribution < 1.29 is 13.2 Å². The number of nitrogens with two attached hydrogens (primary N) is 1. The van der Waals surface area contributed by atoms with Crippen LogP contribution >= 0.6 is 11.8 Å². The van der Waals surface area contributed by atoms with Crippen molar-refractivity contribution in [3.8, 4) is 0 Å². The zero-order chi connectivity index (χ0) is 13.6. The third kappa shape index (κ3) is 4.53. The van der Waals surface area contributed by atoms with Crippen molar-refractivity contribution in [1.82, 2.24) is 0 Å². The van der Waals surface area contributed by atoms with Gasteiger partial charge in [0, 0.05) is 11.4 Å². The second-order valence-electron chi connectivity index (χ2n) is 4.08. The Labute approximate surface area is 110 Å². The summed E-state index contributed by atoms with van der Waals surface area (Å²) in [5.41, 5.74) is 4.93. The number of alkyl halides is 3. The first kappa shape index (κ1) is 15.4. The second-order valence-corrected chi connectivity index (χ2v) is 5.24. The average Bonchev–Trinajstić information content (AvgIpc) is 2.33. The van der Waals surface area contributed by atoms with Crippen LogP contribution in [0.5, 0.6) is 0 Å². The molecule has 0 aliphatic heterocycles. The molecule has 18 heavy (non-hydrogen) atoms. The van der Waals surface area contributed by atoms with E-state index in [9.17, 15) is 13.2 Å². The summed E-state index contributed by atoms with van der Waals surface area (Å²) in [4.78, 5) is 0.861. The molecule has 1 nitrogen and oxygen atoms in total. The smallest absolute Gasteiger partial charge is 0.326 e. The minimum Gasteiger partial charge on any atom is -0.326 e. The van der Waals surface area contributed by atoms with Gasteiger partial charge in [0.1, 0.15) is 0 Å². The molecule has 0 aromatic heterocycles. The van der Waals surface area contributed by atoms with E-state index in [1.807, 2.05) is 0 Å². The SMILES string of the molecule is CCCCCSc1ccc(C(F)(F)F)c(CN)c1. The lowest BCUT2D eigenvalue weighted by molar-refractivity contribution is -0.138. The first-order valence-electron chi connectivity index (χ1n) is 6.02. The Morgan fingerprint density at radius 2 is 1.94 bits per heavy atom. The van der Waals surface area contributed by atoms with Crippen molar-refractivity contribution in [3.05, 3.63) is 29.3 Å². The van der Waals surface area contributed by atoms with Crippen molar-refractivity contribution in [2.75, 3.05) is 5.75 Å². The van der Waals surface area contributed by atoms with Gasteiger partial charge < -0.3 is 5.73 Å². The normalized spacial score (nSPS) is 11.8. The minimum absolute atomic E-state index is 0.0851. The summed E-state index contributed by atoms with van der Waals surface area (Å²) in [5.74, 6) is 0.934. The lowest BCUT2D eigenvalue weighted by Crippen LogP contribution is -2.11. The summed E-state index contributed by atoms with van der Waals surface area (Å²) in [5, 5.41) is 0. The van der Waals surface area contributed by atoms with Crippen LogP contribution < -0.4 is 5.73 Å². The van der Waals surface area contributed by atoms with E-state index in [4.69, 9.17) is 5.73 Å². The molecule has 1 aromatic carbocycles. The molecular weight excluding hydrogens is 259 g/mol. The van der Waals surface area contributed by atoms with E-state index < -0.39 is 11.7 Å². The predicted molar refractivity (Wildman–Crippen MR) is 69.6 cm³/mol. The van der Waals surface area contributed by atoms with Crippen molar-refractivity contribution in [1.29, 1.82) is 0 Å². The molecule has 2 N–H and O–H groups in total. The first-order chi connectivity index (χ1) is 8.49. The summed E-state index contributed by atoms with van der Waals surface area (Å²) in [6, 6.07) is 4.21. The van der Waals surface area contributed by atoms with Gasteiger partial charge in [-0.25, -0.2) is 0 Å². The quantitative estimate of drug-likeness (QED) is 0.614. The monoisotopic (exact) mass is 277 g/mol. The molecule has 0 aliphatic carbocycles. The topological polar surface area (TPSA) is 26.0 Å². The maximum absolute atomic E-state index is 12.7. The molecule has 0 unspecified atom stereocenters. The fraction of sp³-hybridized carbons (Fsp3) is 0.538. The van der Waals surface area contributed by atoms with Gasteiger partial charge in [-0.2, -0.15) is 13.2 Å². The Bertz CT molecular complexity index is 377. The molecule has 0 saturated heterocycles. The molecule has 102 valence electrons. The van der Waals surface area contributed by atoms with Crippen molar-refractivity contribution in [3.63, 3.8) is 0 Å². The van der Waals surface area contributed by atoms with Crippen LogP contribution in [-0.2, 0) is 12.7 Å². The molecule has 0 heterocycles. The lowest BCUT2D eigenvalue weighted by atomic mass is 10.1. The fourth-order valence-corrected chi connectivity index (χ4v) is 2.62. The molecule has 5 heteroatoms. The van der Waals surface area contributed by atoms with Crippen LogP contribution in [0.4, 0.5) is 13.2 Å². The van der Waals surface area contributed by atoms with Crippen LogP contribution in [0.15, 0.2) is 23.1 Å². The van der Waals surface area contributed by atoms with Gasteiger partial charge in [-0.15, -0.1) is 11.8 Å². The second kappa shape index (κ2) is 7.04. The van der Waals surface area contributed by atoms with E-state index >= 15 is 0 Å². The summed E-state index contributed by atoms with van der Waals surface area (Å²) >= 11 is 1.59. The van der Waals surface area contributed by atoms with E-state index in [0.29, 0.717) is 0 Å². The van der Waals surface area contributed by atoms with Crippen molar-refractivity contribution in [2.45, 2.75) is 43.8 Å². The van der Waals surface area contributed by atoms with Gasteiger partial charge in [0.15, 0.2) is 0 Å². The highest BCUT2D eigenvalue weighted by atomic mass is 32.2. The highest BCUT2D eigenvalue weighted by Gasteiger charge is 2.32. The number of unbranched alkanes of at least 4 members (excludes halogenated alkanes) is 2. The van der Waals surface area contributed by atoms with Gasteiger partial charge >= 0.3 is 6.18 Å². The lowest BCUT2D eigenvalue weighted by Gasteiger charge is -2.13.